The van der Waals surface area contributed by atoms with Crippen LogP contribution in [-0.4, -0.2) is 23.7 Å². The average Bonchev–Trinajstić information content (AvgIpc) is 2.61. The summed E-state index contributed by atoms with van der Waals surface area (Å²) in [5, 5.41) is 3.39. The Morgan fingerprint density at radius 2 is 1.80 bits per heavy atom. The maximum atomic E-state index is 12.0. The van der Waals surface area contributed by atoms with E-state index in [4.69, 9.17) is 16.3 Å². The van der Waals surface area contributed by atoms with Crippen LogP contribution in [0.25, 0.3) is 0 Å². The van der Waals surface area contributed by atoms with Crippen LogP contribution < -0.4 is 5.32 Å². The van der Waals surface area contributed by atoms with E-state index in [9.17, 15) is 9.59 Å². The minimum absolute atomic E-state index is 0.258. The normalized spacial score (nSPS) is 11.6. The number of carbonyl (C=O) groups excluding carboxylic acids is 2. The predicted molar refractivity (Wildman–Crippen MR) is 101 cm³/mol. The van der Waals surface area contributed by atoms with Crippen molar-refractivity contribution >= 4 is 35.2 Å². The summed E-state index contributed by atoms with van der Waals surface area (Å²) in [6.07, 6.45) is -0.560. The molecule has 6 heteroatoms. The summed E-state index contributed by atoms with van der Waals surface area (Å²) < 4.78 is 5.17. The molecule has 0 spiro atoms. The lowest BCUT2D eigenvalue weighted by Gasteiger charge is -2.13. The number of esters is 1. The molecule has 0 saturated carbocycles. The van der Waals surface area contributed by atoms with E-state index in [-0.39, 0.29) is 18.3 Å². The van der Waals surface area contributed by atoms with Gasteiger partial charge in [0.15, 0.2) is 6.10 Å². The lowest BCUT2D eigenvalue weighted by Crippen LogP contribution is -2.35. The Morgan fingerprint density at radius 1 is 1.12 bits per heavy atom. The monoisotopic (exact) mass is 377 g/mol. The van der Waals surface area contributed by atoms with Gasteiger partial charge in [-0.1, -0.05) is 41.9 Å². The Balaban J connectivity index is 1.67. The van der Waals surface area contributed by atoms with Gasteiger partial charge in [-0.3, -0.25) is 9.59 Å². The lowest BCUT2D eigenvalue weighted by molar-refractivity contribution is -0.154. The van der Waals surface area contributed by atoms with Crippen LogP contribution >= 0.6 is 23.4 Å². The maximum absolute atomic E-state index is 12.0. The molecule has 0 aliphatic rings. The van der Waals surface area contributed by atoms with Crippen LogP contribution in [0, 0.1) is 0 Å². The van der Waals surface area contributed by atoms with Crippen molar-refractivity contribution < 1.29 is 14.3 Å². The third-order valence-electron chi connectivity index (χ3n) is 3.38. The highest BCUT2D eigenvalue weighted by atomic mass is 35.5. The number of rotatable bonds is 8. The van der Waals surface area contributed by atoms with Gasteiger partial charge in [-0.2, -0.15) is 0 Å². The van der Waals surface area contributed by atoms with Crippen molar-refractivity contribution in [2.24, 2.45) is 0 Å². The Bertz CT molecular complexity index is 692. The van der Waals surface area contributed by atoms with Gasteiger partial charge in [0.1, 0.15) is 0 Å². The molecule has 0 aliphatic heterocycles. The summed E-state index contributed by atoms with van der Waals surface area (Å²) in [6, 6.07) is 17.0. The Labute approximate surface area is 156 Å². The first kappa shape index (κ1) is 19.3. The van der Waals surface area contributed by atoms with Gasteiger partial charge in [-0.15, -0.1) is 11.8 Å². The van der Waals surface area contributed by atoms with Crippen molar-refractivity contribution in [3.8, 4) is 0 Å². The van der Waals surface area contributed by atoms with E-state index in [1.165, 1.54) is 0 Å². The van der Waals surface area contributed by atoms with E-state index in [0.717, 1.165) is 10.5 Å². The third kappa shape index (κ3) is 7.20. The summed E-state index contributed by atoms with van der Waals surface area (Å²) >= 11 is 7.40. The molecular formula is C19H20ClNO3S. The second-order valence-electron chi connectivity index (χ2n) is 5.39. The summed E-state index contributed by atoms with van der Waals surface area (Å²) in [5.41, 5.74) is 0.926. The molecule has 0 saturated heterocycles. The molecule has 2 aromatic carbocycles. The highest BCUT2D eigenvalue weighted by Gasteiger charge is 2.17. The van der Waals surface area contributed by atoms with Gasteiger partial charge in [0.25, 0.3) is 5.91 Å². The van der Waals surface area contributed by atoms with E-state index < -0.39 is 6.10 Å². The van der Waals surface area contributed by atoms with Crippen LogP contribution in [-0.2, 0) is 20.9 Å². The van der Waals surface area contributed by atoms with Crippen LogP contribution in [0.1, 0.15) is 18.9 Å². The molecule has 0 fully saturated rings. The van der Waals surface area contributed by atoms with Gasteiger partial charge in [-0.05, 0) is 36.8 Å². The largest absolute Gasteiger partial charge is 0.453 e. The molecule has 1 unspecified atom stereocenters. The van der Waals surface area contributed by atoms with Crippen molar-refractivity contribution in [3.05, 3.63) is 65.2 Å². The topological polar surface area (TPSA) is 55.4 Å². The fourth-order valence-electron chi connectivity index (χ4n) is 2.01. The Kier molecular flexibility index (Phi) is 7.82. The van der Waals surface area contributed by atoms with E-state index in [1.54, 1.807) is 30.8 Å². The van der Waals surface area contributed by atoms with Gasteiger partial charge in [0, 0.05) is 22.2 Å². The molecule has 1 N–H and O–H groups in total. The first-order chi connectivity index (χ1) is 12.0. The molecule has 4 nitrogen and oxygen atoms in total. The number of benzene rings is 2. The molecule has 1 amide bonds. The first-order valence-corrected chi connectivity index (χ1v) is 9.30. The highest BCUT2D eigenvalue weighted by Crippen LogP contribution is 2.18. The number of hydrogen-bond donors (Lipinski definition) is 1. The maximum Gasteiger partial charge on any atom is 0.307 e. The number of nitrogens with one attached hydrogen (secondary N) is 1. The second-order valence-corrected chi connectivity index (χ2v) is 6.99. The number of carbonyl (C=O) groups is 2. The lowest BCUT2D eigenvalue weighted by atomic mass is 10.2. The van der Waals surface area contributed by atoms with Gasteiger partial charge < -0.3 is 10.1 Å². The zero-order valence-corrected chi connectivity index (χ0v) is 15.5. The van der Waals surface area contributed by atoms with Crippen molar-refractivity contribution in [2.75, 3.05) is 5.75 Å². The smallest absolute Gasteiger partial charge is 0.307 e. The zero-order chi connectivity index (χ0) is 18.1. The highest BCUT2D eigenvalue weighted by molar-refractivity contribution is 7.99. The molecule has 2 aromatic rings. The second kappa shape index (κ2) is 10.1. The summed E-state index contributed by atoms with van der Waals surface area (Å²) in [5.74, 6) is -0.0845. The van der Waals surface area contributed by atoms with E-state index in [2.05, 4.69) is 5.32 Å². The molecule has 0 bridgehead atoms. The van der Waals surface area contributed by atoms with Gasteiger partial charge in [-0.25, -0.2) is 0 Å². The van der Waals surface area contributed by atoms with E-state index in [0.29, 0.717) is 17.3 Å². The number of ether oxygens (including phenoxy) is 1. The molecular weight excluding hydrogens is 358 g/mol. The molecule has 25 heavy (non-hydrogen) atoms. The Hall–Kier alpha value is -1.98. The van der Waals surface area contributed by atoms with Crippen LogP contribution in [0.2, 0.25) is 5.02 Å². The fraction of sp³-hybridized carbons (Fsp3) is 0.263. The van der Waals surface area contributed by atoms with Gasteiger partial charge in [0.05, 0.1) is 6.42 Å². The SMILES string of the molecule is CC(OC(=O)CCSc1ccccc1)C(=O)NCc1ccc(Cl)cc1. The van der Waals surface area contributed by atoms with Crippen LogP contribution in [0.5, 0.6) is 0 Å². The molecule has 1 atom stereocenters. The van der Waals surface area contributed by atoms with Crippen molar-refractivity contribution in [3.63, 3.8) is 0 Å². The number of halogens is 1. The summed E-state index contributed by atoms with van der Waals surface area (Å²) in [7, 11) is 0. The van der Waals surface area contributed by atoms with Crippen molar-refractivity contribution in [1.29, 1.82) is 0 Å². The first-order valence-electron chi connectivity index (χ1n) is 7.94. The fourth-order valence-corrected chi connectivity index (χ4v) is 2.99. The zero-order valence-electron chi connectivity index (χ0n) is 13.9. The average molecular weight is 378 g/mol. The van der Waals surface area contributed by atoms with E-state index >= 15 is 0 Å². The van der Waals surface area contributed by atoms with Crippen molar-refractivity contribution in [1.82, 2.24) is 5.32 Å². The minimum Gasteiger partial charge on any atom is -0.453 e. The standard InChI is InChI=1S/C19H20ClNO3S/c1-14(19(23)21-13-15-7-9-16(20)10-8-15)24-18(22)11-12-25-17-5-3-2-4-6-17/h2-10,14H,11-13H2,1H3,(H,21,23). The minimum atomic E-state index is -0.818. The van der Waals surface area contributed by atoms with Crippen molar-refractivity contribution in [2.45, 2.75) is 30.9 Å². The number of thioether (sulfide) groups is 1. The molecule has 0 heterocycles. The Morgan fingerprint density at radius 3 is 2.48 bits per heavy atom. The van der Waals surface area contributed by atoms with Crippen LogP contribution in [0.3, 0.4) is 0 Å². The van der Waals surface area contributed by atoms with Crippen LogP contribution in [0.4, 0.5) is 0 Å². The predicted octanol–water partition coefficient (Wildman–Crippen LogP) is 4.07. The third-order valence-corrected chi connectivity index (χ3v) is 4.64. The number of hydrogen-bond acceptors (Lipinski definition) is 4. The molecule has 0 radical (unpaired) electrons. The molecule has 132 valence electrons. The number of amides is 1. The van der Waals surface area contributed by atoms with Gasteiger partial charge >= 0.3 is 5.97 Å². The summed E-state index contributed by atoms with van der Waals surface area (Å²) in [6.45, 7) is 1.93. The van der Waals surface area contributed by atoms with Gasteiger partial charge in [0.2, 0.25) is 0 Å². The molecule has 2 rings (SSSR count). The molecule has 0 aromatic heterocycles. The van der Waals surface area contributed by atoms with Crippen LogP contribution in [0.15, 0.2) is 59.5 Å². The summed E-state index contributed by atoms with van der Waals surface area (Å²) in [4.78, 5) is 24.9. The molecule has 0 aliphatic carbocycles. The quantitative estimate of drug-likeness (QED) is 0.556. The van der Waals surface area contributed by atoms with E-state index in [1.807, 2.05) is 42.5 Å².